The summed E-state index contributed by atoms with van der Waals surface area (Å²) >= 11 is 0. The molecular formula is C16H16N4O. The van der Waals surface area contributed by atoms with Gasteiger partial charge in [0.05, 0.1) is 24.4 Å². The summed E-state index contributed by atoms with van der Waals surface area (Å²) in [6.07, 6.45) is 2.24. The van der Waals surface area contributed by atoms with Crippen LogP contribution in [-0.4, -0.2) is 21.1 Å². The Balaban J connectivity index is 1.62. The Kier molecular flexibility index (Phi) is 3.64. The Morgan fingerprint density at radius 1 is 1.19 bits per heavy atom. The molecule has 2 heterocycles. The molecular weight excluding hydrogens is 264 g/mol. The molecule has 3 aromatic rings. The van der Waals surface area contributed by atoms with E-state index in [1.807, 2.05) is 49.5 Å². The molecule has 21 heavy (non-hydrogen) atoms. The van der Waals surface area contributed by atoms with Crippen LogP contribution in [0, 0.1) is 6.92 Å². The van der Waals surface area contributed by atoms with E-state index in [2.05, 4.69) is 20.5 Å². The van der Waals surface area contributed by atoms with Crippen LogP contribution in [0.15, 0.2) is 42.6 Å². The minimum absolute atomic E-state index is 0.0258. The average molecular weight is 280 g/mol. The van der Waals surface area contributed by atoms with Crippen LogP contribution >= 0.6 is 0 Å². The van der Waals surface area contributed by atoms with Gasteiger partial charge >= 0.3 is 0 Å². The van der Waals surface area contributed by atoms with Gasteiger partial charge in [0.15, 0.2) is 0 Å². The normalized spacial score (nSPS) is 10.7. The second-order valence-electron chi connectivity index (χ2n) is 4.98. The second-order valence-corrected chi connectivity index (χ2v) is 4.98. The molecule has 0 aliphatic carbocycles. The molecule has 0 unspecified atom stereocenters. The molecule has 3 rings (SSSR count). The van der Waals surface area contributed by atoms with Gasteiger partial charge in [0, 0.05) is 17.1 Å². The van der Waals surface area contributed by atoms with Crippen LogP contribution in [0.3, 0.4) is 0 Å². The summed E-state index contributed by atoms with van der Waals surface area (Å²) in [5, 5.41) is 11.9. The summed E-state index contributed by atoms with van der Waals surface area (Å²) in [5.41, 5.74) is 3.67. The van der Waals surface area contributed by atoms with Crippen molar-refractivity contribution >= 4 is 16.8 Å². The first kappa shape index (κ1) is 13.3. The van der Waals surface area contributed by atoms with E-state index >= 15 is 0 Å². The number of rotatable bonds is 4. The molecule has 0 bridgehead atoms. The maximum absolute atomic E-state index is 12.0. The molecule has 1 aromatic carbocycles. The molecule has 106 valence electrons. The van der Waals surface area contributed by atoms with Gasteiger partial charge in [-0.1, -0.05) is 18.2 Å². The number of H-pyrrole nitrogens is 1. The van der Waals surface area contributed by atoms with Crippen molar-refractivity contribution in [2.45, 2.75) is 19.9 Å². The fourth-order valence-electron chi connectivity index (χ4n) is 2.22. The summed E-state index contributed by atoms with van der Waals surface area (Å²) in [5.74, 6) is -0.0258. The molecule has 0 saturated carbocycles. The lowest BCUT2D eigenvalue weighted by molar-refractivity contribution is -0.120. The average Bonchev–Trinajstić information content (AvgIpc) is 2.90. The van der Waals surface area contributed by atoms with E-state index in [4.69, 9.17) is 0 Å². The van der Waals surface area contributed by atoms with Gasteiger partial charge < -0.3 is 10.3 Å². The van der Waals surface area contributed by atoms with Crippen molar-refractivity contribution in [2.24, 2.45) is 0 Å². The maximum Gasteiger partial charge on any atom is 0.224 e. The first-order valence-electron chi connectivity index (χ1n) is 6.83. The van der Waals surface area contributed by atoms with Crippen molar-refractivity contribution < 1.29 is 4.79 Å². The molecule has 0 fully saturated rings. The Morgan fingerprint density at radius 2 is 2.05 bits per heavy atom. The van der Waals surface area contributed by atoms with E-state index in [1.54, 1.807) is 0 Å². The molecule has 5 nitrogen and oxygen atoms in total. The number of aromatic amines is 1. The Hall–Kier alpha value is -2.69. The smallest absolute Gasteiger partial charge is 0.224 e. The number of aryl methyl sites for hydroxylation is 1. The fraction of sp³-hybridized carbons (Fsp3) is 0.188. The van der Waals surface area contributed by atoms with Crippen molar-refractivity contribution in [2.75, 3.05) is 0 Å². The second kappa shape index (κ2) is 5.75. The molecule has 1 amide bonds. The highest BCUT2D eigenvalue weighted by Crippen LogP contribution is 2.17. The van der Waals surface area contributed by atoms with Crippen LogP contribution in [0.5, 0.6) is 0 Å². The molecule has 5 heteroatoms. The molecule has 0 aliphatic rings. The molecule has 0 aliphatic heterocycles. The summed E-state index contributed by atoms with van der Waals surface area (Å²) in [7, 11) is 0. The molecule has 0 atom stereocenters. The van der Waals surface area contributed by atoms with Crippen molar-refractivity contribution in [3.05, 3.63) is 59.5 Å². The van der Waals surface area contributed by atoms with E-state index in [1.165, 1.54) is 0 Å². The molecule has 0 saturated heterocycles. The largest absolute Gasteiger partial charge is 0.361 e. The molecule has 0 spiro atoms. The van der Waals surface area contributed by atoms with Gasteiger partial charge in [0.25, 0.3) is 0 Å². The zero-order chi connectivity index (χ0) is 14.7. The molecule has 2 N–H and O–H groups in total. The number of hydrogen-bond acceptors (Lipinski definition) is 3. The van der Waals surface area contributed by atoms with Crippen molar-refractivity contribution in [1.29, 1.82) is 0 Å². The lowest BCUT2D eigenvalue weighted by atomic mass is 10.1. The number of aromatic nitrogens is 3. The van der Waals surface area contributed by atoms with Gasteiger partial charge in [-0.25, -0.2) is 0 Å². The van der Waals surface area contributed by atoms with Gasteiger partial charge in [0.1, 0.15) is 0 Å². The van der Waals surface area contributed by atoms with E-state index < -0.39 is 0 Å². The number of hydrogen-bond donors (Lipinski definition) is 2. The number of carbonyl (C=O) groups excluding carboxylic acids is 1. The predicted molar refractivity (Wildman–Crippen MR) is 80.6 cm³/mol. The third kappa shape index (κ3) is 3.08. The maximum atomic E-state index is 12.0. The minimum atomic E-state index is -0.0258. The van der Waals surface area contributed by atoms with E-state index in [0.29, 0.717) is 13.0 Å². The summed E-state index contributed by atoms with van der Waals surface area (Å²) in [6, 6.07) is 11.7. The number of nitrogens with one attached hydrogen (secondary N) is 2. The fourth-order valence-corrected chi connectivity index (χ4v) is 2.22. The van der Waals surface area contributed by atoms with Crippen LogP contribution in [0.25, 0.3) is 10.9 Å². The lowest BCUT2D eigenvalue weighted by Crippen LogP contribution is -2.25. The minimum Gasteiger partial charge on any atom is -0.361 e. The number of para-hydroxylation sites is 1. The van der Waals surface area contributed by atoms with Gasteiger partial charge in [-0.2, -0.15) is 10.2 Å². The lowest BCUT2D eigenvalue weighted by Gasteiger charge is -2.04. The summed E-state index contributed by atoms with van der Waals surface area (Å²) in [4.78, 5) is 15.2. The summed E-state index contributed by atoms with van der Waals surface area (Å²) in [6.45, 7) is 2.28. The Morgan fingerprint density at radius 3 is 2.86 bits per heavy atom. The third-order valence-electron chi connectivity index (χ3n) is 3.35. The van der Waals surface area contributed by atoms with Crippen molar-refractivity contribution in [3.63, 3.8) is 0 Å². The zero-order valence-corrected chi connectivity index (χ0v) is 11.8. The summed E-state index contributed by atoms with van der Waals surface area (Å²) < 4.78 is 0. The first-order chi connectivity index (χ1) is 10.2. The van der Waals surface area contributed by atoms with Gasteiger partial charge in [0.2, 0.25) is 5.91 Å². The Labute approximate surface area is 122 Å². The number of benzene rings is 1. The topological polar surface area (TPSA) is 70.7 Å². The van der Waals surface area contributed by atoms with E-state index in [9.17, 15) is 4.79 Å². The van der Waals surface area contributed by atoms with Gasteiger partial charge in [-0.3, -0.25) is 4.79 Å². The SMILES string of the molecule is Cc1ccc(CNC(=O)Cc2c[nH]c3ccccc23)nn1. The quantitative estimate of drug-likeness (QED) is 0.769. The number of fused-ring (bicyclic) bond motifs is 1. The molecule has 2 aromatic heterocycles. The van der Waals surface area contributed by atoms with Gasteiger partial charge in [-0.15, -0.1) is 0 Å². The highest BCUT2D eigenvalue weighted by Gasteiger charge is 2.08. The number of carbonyl (C=O) groups is 1. The van der Waals surface area contributed by atoms with Crippen LogP contribution in [0.2, 0.25) is 0 Å². The number of amides is 1. The highest BCUT2D eigenvalue weighted by atomic mass is 16.1. The van der Waals surface area contributed by atoms with Gasteiger partial charge in [-0.05, 0) is 30.7 Å². The van der Waals surface area contributed by atoms with Crippen LogP contribution in [-0.2, 0) is 17.8 Å². The number of nitrogens with zero attached hydrogens (tertiary/aromatic N) is 2. The monoisotopic (exact) mass is 280 g/mol. The highest BCUT2D eigenvalue weighted by molar-refractivity contribution is 5.88. The molecule has 0 radical (unpaired) electrons. The van der Waals surface area contributed by atoms with Crippen LogP contribution in [0.1, 0.15) is 17.0 Å². The van der Waals surface area contributed by atoms with Crippen molar-refractivity contribution in [3.8, 4) is 0 Å². The standard InChI is InChI=1S/C16H16N4O/c1-11-6-7-13(20-19-11)10-18-16(21)8-12-9-17-15-5-3-2-4-14(12)15/h2-7,9,17H,8,10H2,1H3,(H,18,21). The predicted octanol–water partition coefficient (Wildman–Crippen LogP) is 2.13. The van der Waals surface area contributed by atoms with E-state index in [-0.39, 0.29) is 5.91 Å². The van der Waals surface area contributed by atoms with Crippen LogP contribution < -0.4 is 5.32 Å². The van der Waals surface area contributed by atoms with Crippen molar-refractivity contribution in [1.82, 2.24) is 20.5 Å². The van der Waals surface area contributed by atoms with Crippen LogP contribution in [0.4, 0.5) is 0 Å². The third-order valence-corrected chi connectivity index (χ3v) is 3.35. The Bertz CT molecular complexity index is 761. The van der Waals surface area contributed by atoms with E-state index in [0.717, 1.165) is 27.9 Å². The first-order valence-corrected chi connectivity index (χ1v) is 6.83. The zero-order valence-electron chi connectivity index (χ0n) is 11.8.